The molecule has 120 valence electrons. The van der Waals surface area contributed by atoms with Gasteiger partial charge >= 0.3 is 0 Å². The molecule has 3 rings (SSSR count). The maximum Gasteiger partial charge on any atom is 0.256 e. The number of carbonyl (C=O) groups is 2. The van der Waals surface area contributed by atoms with Gasteiger partial charge in [-0.25, -0.2) is 0 Å². The van der Waals surface area contributed by atoms with Crippen molar-refractivity contribution in [1.82, 2.24) is 10.1 Å². The van der Waals surface area contributed by atoms with Gasteiger partial charge in [-0.2, -0.15) is 0 Å². The third-order valence-corrected chi connectivity index (χ3v) is 3.89. The molecular weight excluding hydrogens is 318 g/mol. The molecule has 1 fully saturated rings. The molecule has 0 saturated heterocycles. The van der Waals surface area contributed by atoms with Gasteiger partial charge in [-0.15, -0.1) is 0 Å². The minimum Gasteiger partial charge on any atom is -0.360 e. The van der Waals surface area contributed by atoms with E-state index in [2.05, 4.69) is 10.5 Å². The lowest BCUT2D eigenvalue weighted by atomic mass is 10.2. The molecule has 7 heteroatoms. The summed E-state index contributed by atoms with van der Waals surface area (Å²) in [7, 11) is 0. The van der Waals surface area contributed by atoms with Crippen LogP contribution in [0.5, 0.6) is 0 Å². The van der Waals surface area contributed by atoms with E-state index in [1.54, 1.807) is 42.2 Å². The Morgan fingerprint density at radius 3 is 2.74 bits per heavy atom. The fourth-order valence-electron chi connectivity index (χ4n) is 2.30. The van der Waals surface area contributed by atoms with E-state index in [1.165, 1.54) is 0 Å². The Kier molecular flexibility index (Phi) is 4.34. The summed E-state index contributed by atoms with van der Waals surface area (Å²) in [6.45, 7) is 1.70. The molecule has 2 amide bonds. The van der Waals surface area contributed by atoms with Crippen LogP contribution in [0, 0.1) is 6.92 Å². The van der Waals surface area contributed by atoms with E-state index in [4.69, 9.17) is 16.1 Å². The van der Waals surface area contributed by atoms with Gasteiger partial charge in [0.1, 0.15) is 12.3 Å². The molecule has 0 aliphatic heterocycles. The van der Waals surface area contributed by atoms with Gasteiger partial charge in [0.25, 0.3) is 5.91 Å². The van der Waals surface area contributed by atoms with Crippen molar-refractivity contribution in [2.75, 3.05) is 11.9 Å². The number of halogens is 1. The van der Waals surface area contributed by atoms with Crippen LogP contribution in [0.25, 0.3) is 0 Å². The molecule has 1 aliphatic rings. The summed E-state index contributed by atoms with van der Waals surface area (Å²) in [4.78, 5) is 26.4. The van der Waals surface area contributed by atoms with Crippen LogP contribution in [-0.4, -0.2) is 34.5 Å². The van der Waals surface area contributed by atoms with E-state index in [0.717, 1.165) is 12.8 Å². The predicted molar refractivity (Wildman–Crippen MR) is 85.4 cm³/mol. The standard InChI is InChI=1S/C16H16ClN3O3/c1-10-8-14(19-23-10)18-15(21)9-20(11-6-7-11)16(22)12-4-2-3-5-13(12)17/h2-5,8,11H,6-7,9H2,1H3,(H,18,19,21). The first kappa shape index (κ1) is 15.6. The highest BCUT2D eigenvalue weighted by Gasteiger charge is 2.35. The van der Waals surface area contributed by atoms with Gasteiger partial charge in [0.2, 0.25) is 5.91 Å². The fraction of sp³-hybridized carbons (Fsp3) is 0.312. The molecule has 0 radical (unpaired) electrons. The summed E-state index contributed by atoms with van der Waals surface area (Å²) >= 11 is 6.09. The molecule has 2 aromatic rings. The van der Waals surface area contributed by atoms with E-state index in [0.29, 0.717) is 22.2 Å². The van der Waals surface area contributed by atoms with Crippen molar-refractivity contribution in [2.45, 2.75) is 25.8 Å². The second kappa shape index (κ2) is 6.42. The Morgan fingerprint density at radius 2 is 2.13 bits per heavy atom. The monoisotopic (exact) mass is 333 g/mol. The molecule has 23 heavy (non-hydrogen) atoms. The van der Waals surface area contributed by atoms with E-state index in [1.807, 2.05) is 0 Å². The summed E-state index contributed by atoms with van der Waals surface area (Å²) in [6, 6.07) is 8.55. The van der Waals surface area contributed by atoms with E-state index < -0.39 is 0 Å². The lowest BCUT2D eigenvalue weighted by Gasteiger charge is -2.22. The number of hydrogen-bond acceptors (Lipinski definition) is 4. The second-order valence-corrected chi connectivity index (χ2v) is 5.92. The lowest BCUT2D eigenvalue weighted by molar-refractivity contribution is -0.117. The molecule has 0 bridgehead atoms. The van der Waals surface area contributed by atoms with Crippen molar-refractivity contribution < 1.29 is 14.1 Å². The third-order valence-electron chi connectivity index (χ3n) is 3.56. The number of aromatic nitrogens is 1. The summed E-state index contributed by atoms with van der Waals surface area (Å²) in [6.07, 6.45) is 1.79. The van der Waals surface area contributed by atoms with Crippen LogP contribution in [0.1, 0.15) is 29.0 Å². The third kappa shape index (κ3) is 3.71. The predicted octanol–water partition coefficient (Wildman–Crippen LogP) is 2.88. The summed E-state index contributed by atoms with van der Waals surface area (Å²) in [5, 5.41) is 6.72. The molecule has 1 saturated carbocycles. The number of aryl methyl sites for hydroxylation is 1. The van der Waals surface area contributed by atoms with Crippen LogP contribution in [0.3, 0.4) is 0 Å². The Labute approximate surface area is 138 Å². The number of carbonyl (C=O) groups excluding carboxylic acids is 2. The first-order valence-corrected chi connectivity index (χ1v) is 7.71. The van der Waals surface area contributed by atoms with Crippen molar-refractivity contribution in [2.24, 2.45) is 0 Å². The molecule has 6 nitrogen and oxygen atoms in total. The highest BCUT2D eigenvalue weighted by molar-refractivity contribution is 6.33. The van der Waals surface area contributed by atoms with Gasteiger partial charge in [0.05, 0.1) is 10.6 Å². The normalized spacial score (nSPS) is 13.7. The minimum atomic E-state index is -0.314. The second-order valence-electron chi connectivity index (χ2n) is 5.52. The zero-order valence-corrected chi connectivity index (χ0v) is 13.3. The fourth-order valence-corrected chi connectivity index (χ4v) is 2.52. The Hall–Kier alpha value is -2.34. The number of anilines is 1. The summed E-state index contributed by atoms with van der Waals surface area (Å²) in [5.41, 5.74) is 0.408. The SMILES string of the molecule is Cc1cc(NC(=O)CN(C(=O)c2ccccc2Cl)C2CC2)no1. The number of benzene rings is 1. The average Bonchev–Trinajstić information content (AvgIpc) is 3.28. The summed E-state index contributed by atoms with van der Waals surface area (Å²) < 4.78 is 4.90. The molecule has 1 aromatic heterocycles. The lowest BCUT2D eigenvalue weighted by Crippen LogP contribution is -2.39. The van der Waals surface area contributed by atoms with Gasteiger partial charge in [0, 0.05) is 12.1 Å². The smallest absolute Gasteiger partial charge is 0.256 e. The van der Waals surface area contributed by atoms with E-state index >= 15 is 0 Å². The Balaban J connectivity index is 1.71. The van der Waals surface area contributed by atoms with Crippen LogP contribution in [-0.2, 0) is 4.79 Å². The zero-order valence-electron chi connectivity index (χ0n) is 12.6. The summed E-state index contributed by atoms with van der Waals surface area (Å²) in [5.74, 6) is 0.398. The van der Waals surface area contributed by atoms with Crippen molar-refractivity contribution in [3.63, 3.8) is 0 Å². The Bertz CT molecular complexity index is 740. The largest absolute Gasteiger partial charge is 0.360 e. The van der Waals surface area contributed by atoms with Crippen LogP contribution in [0.2, 0.25) is 5.02 Å². The highest BCUT2D eigenvalue weighted by atomic mass is 35.5. The molecule has 0 atom stereocenters. The van der Waals surface area contributed by atoms with Gasteiger partial charge in [-0.3, -0.25) is 9.59 Å². The quantitative estimate of drug-likeness (QED) is 0.912. The number of nitrogens with one attached hydrogen (secondary N) is 1. The molecule has 1 aromatic carbocycles. The van der Waals surface area contributed by atoms with E-state index in [-0.39, 0.29) is 24.4 Å². The molecule has 1 N–H and O–H groups in total. The number of rotatable bonds is 5. The zero-order chi connectivity index (χ0) is 16.4. The molecule has 0 spiro atoms. The maximum absolute atomic E-state index is 12.7. The van der Waals surface area contributed by atoms with Crippen LogP contribution in [0.4, 0.5) is 5.82 Å². The van der Waals surface area contributed by atoms with Crippen molar-refractivity contribution >= 4 is 29.2 Å². The van der Waals surface area contributed by atoms with Crippen LogP contribution in [0.15, 0.2) is 34.9 Å². The maximum atomic E-state index is 12.7. The molecular formula is C16H16ClN3O3. The Morgan fingerprint density at radius 1 is 1.39 bits per heavy atom. The average molecular weight is 334 g/mol. The van der Waals surface area contributed by atoms with Gasteiger partial charge < -0.3 is 14.7 Å². The number of nitrogens with zero attached hydrogens (tertiary/aromatic N) is 2. The number of hydrogen-bond donors (Lipinski definition) is 1. The van der Waals surface area contributed by atoms with Crippen molar-refractivity contribution in [3.05, 3.63) is 46.7 Å². The number of amides is 2. The first-order chi connectivity index (χ1) is 11.0. The molecule has 1 aliphatic carbocycles. The highest BCUT2D eigenvalue weighted by Crippen LogP contribution is 2.29. The van der Waals surface area contributed by atoms with Gasteiger partial charge in [-0.1, -0.05) is 28.9 Å². The van der Waals surface area contributed by atoms with E-state index in [9.17, 15) is 9.59 Å². The van der Waals surface area contributed by atoms with Crippen LogP contribution < -0.4 is 5.32 Å². The molecule has 0 unspecified atom stereocenters. The molecule has 1 heterocycles. The van der Waals surface area contributed by atoms with Gasteiger partial charge in [-0.05, 0) is 31.9 Å². The topological polar surface area (TPSA) is 75.4 Å². The van der Waals surface area contributed by atoms with Crippen LogP contribution >= 0.6 is 11.6 Å². The van der Waals surface area contributed by atoms with Gasteiger partial charge in [0.15, 0.2) is 5.82 Å². The first-order valence-electron chi connectivity index (χ1n) is 7.33. The van der Waals surface area contributed by atoms with Crippen molar-refractivity contribution in [1.29, 1.82) is 0 Å². The minimum absolute atomic E-state index is 0.0410. The van der Waals surface area contributed by atoms with Crippen molar-refractivity contribution in [3.8, 4) is 0 Å².